The molecule has 10 heteroatoms. The molecule has 6 atom stereocenters. The summed E-state index contributed by atoms with van der Waals surface area (Å²) in [6.45, 7) is 0.506. The Labute approximate surface area is 103 Å². The van der Waals surface area contributed by atoms with Crippen LogP contribution in [0.5, 0.6) is 0 Å². The van der Waals surface area contributed by atoms with Crippen molar-refractivity contribution in [3.8, 4) is 0 Å². The predicted molar refractivity (Wildman–Crippen MR) is 54.1 cm³/mol. The van der Waals surface area contributed by atoms with E-state index >= 15 is 0 Å². The number of amides is 1. The van der Waals surface area contributed by atoms with Gasteiger partial charge < -0.3 is 30.3 Å². The summed E-state index contributed by atoms with van der Waals surface area (Å²) in [5.41, 5.74) is 0. The molecule has 0 aliphatic carbocycles. The lowest BCUT2D eigenvalue weighted by Crippen LogP contribution is -2.64. The van der Waals surface area contributed by atoms with Crippen LogP contribution in [-0.4, -0.2) is 58.5 Å². The van der Waals surface area contributed by atoms with E-state index in [0.29, 0.717) is 0 Å². The van der Waals surface area contributed by atoms with Gasteiger partial charge in [-0.25, -0.2) is 0 Å². The van der Waals surface area contributed by atoms with Gasteiger partial charge in [0.15, 0.2) is 0 Å². The van der Waals surface area contributed by atoms with Crippen LogP contribution in [0.2, 0.25) is 0 Å². The molecule has 0 spiro atoms. The Bertz CT molecular complexity index is 326. The number of carbonyl (C=O) groups is 1. The molecular weight excluding hydrogens is 269 g/mol. The molecule has 1 amide bonds. The summed E-state index contributed by atoms with van der Waals surface area (Å²) in [5, 5.41) is 30.4. The lowest BCUT2D eigenvalue weighted by Gasteiger charge is -2.40. The van der Waals surface area contributed by atoms with Gasteiger partial charge in [-0.2, -0.15) is 0 Å². The summed E-state index contributed by atoms with van der Waals surface area (Å²) < 4.78 is 19.8. The molecule has 1 rings (SSSR count). The van der Waals surface area contributed by atoms with Crippen LogP contribution < -0.4 is 10.2 Å². The van der Waals surface area contributed by atoms with Gasteiger partial charge in [-0.15, -0.1) is 4.52 Å². The molecule has 1 aliphatic rings. The molecule has 104 valence electrons. The second-order valence-electron chi connectivity index (χ2n) is 3.76. The molecule has 0 aromatic rings. The van der Waals surface area contributed by atoms with E-state index in [-0.39, 0.29) is 0 Å². The molecule has 1 fully saturated rings. The molecule has 4 N–H and O–H groups in total. The standard InChI is InChI=1S/C8H14NO8P/c1-3(11)9-5-7(13)6(12)4(2-10)16-8(5)17-18(14)15/h4-8,10,12-13H,2H2,1H3,(H,9,11)/t4-,5-,6-,7-,8?/m1/s1. The predicted octanol–water partition coefficient (Wildman–Crippen LogP) is -3.04. The Hall–Kier alpha value is -0.670. The Morgan fingerprint density at radius 3 is 2.56 bits per heavy atom. The maximum absolute atomic E-state index is 10.9. The van der Waals surface area contributed by atoms with Crippen molar-refractivity contribution in [1.29, 1.82) is 0 Å². The van der Waals surface area contributed by atoms with Crippen LogP contribution in [0.25, 0.3) is 0 Å². The van der Waals surface area contributed by atoms with Gasteiger partial charge in [0.25, 0.3) is 0 Å². The third kappa shape index (κ3) is 3.66. The third-order valence-corrected chi connectivity index (χ3v) is 2.82. The van der Waals surface area contributed by atoms with E-state index < -0.39 is 51.4 Å². The summed E-state index contributed by atoms with van der Waals surface area (Å²) in [5.74, 6) is -0.563. The zero-order valence-corrected chi connectivity index (χ0v) is 10.3. The fourth-order valence-electron chi connectivity index (χ4n) is 1.65. The normalized spacial score (nSPS) is 37.2. The van der Waals surface area contributed by atoms with Crippen LogP contribution in [0.4, 0.5) is 0 Å². The van der Waals surface area contributed by atoms with Gasteiger partial charge >= 0.3 is 8.25 Å². The van der Waals surface area contributed by atoms with E-state index in [9.17, 15) is 24.5 Å². The highest BCUT2D eigenvalue weighted by molar-refractivity contribution is 7.30. The van der Waals surface area contributed by atoms with Gasteiger partial charge in [0.2, 0.25) is 12.2 Å². The smallest absolute Gasteiger partial charge is 0.491 e. The minimum Gasteiger partial charge on any atom is -0.566 e. The van der Waals surface area contributed by atoms with Gasteiger partial charge in [0.1, 0.15) is 24.4 Å². The van der Waals surface area contributed by atoms with Crippen molar-refractivity contribution in [1.82, 2.24) is 5.32 Å². The van der Waals surface area contributed by atoms with Gasteiger partial charge in [-0.1, -0.05) is 0 Å². The largest absolute Gasteiger partial charge is 0.566 e. The van der Waals surface area contributed by atoms with Crippen molar-refractivity contribution in [3.05, 3.63) is 0 Å². The van der Waals surface area contributed by atoms with E-state index in [1.54, 1.807) is 0 Å². The zero-order chi connectivity index (χ0) is 13.9. The maximum atomic E-state index is 10.9. The van der Waals surface area contributed by atoms with E-state index in [4.69, 9.17) is 9.84 Å². The molecule has 0 aromatic heterocycles. The number of aliphatic hydroxyl groups excluding tert-OH is 3. The molecule has 18 heavy (non-hydrogen) atoms. The number of ether oxygens (including phenoxy) is 1. The van der Waals surface area contributed by atoms with Crippen molar-refractivity contribution < 1.29 is 38.8 Å². The van der Waals surface area contributed by atoms with Crippen LogP contribution in [0.3, 0.4) is 0 Å². The average Bonchev–Trinajstić information content (AvgIpc) is 2.27. The molecule has 0 radical (unpaired) electrons. The number of hydrogen-bond acceptors (Lipinski definition) is 8. The number of hydrogen-bond donors (Lipinski definition) is 4. The van der Waals surface area contributed by atoms with Crippen LogP contribution >= 0.6 is 8.25 Å². The lowest BCUT2D eigenvalue weighted by molar-refractivity contribution is -0.264. The first kappa shape index (κ1) is 15.4. The first-order valence-electron chi connectivity index (χ1n) is 5.07. The first-order valence-corrected chi connectivity index (χ1v) is 6.17. The minimum atomic E-state index is -3.28. The quantitative estimate of drug-likeness (QED) is 0.398. The summed E-state index contributed by atoms with van der Waals surface area (Å²) >= 11 is 0. The van der Waals surface area contributed by atoms with E-state index in [1.807, 2.05) is 0 Å². The Morgan fingerprint density at radius 2 is 2.11 bits per heavy atom. The van der Waals surface area contributed by atoms with E-state index in [0.717, 1.165) is 6.92 Å². The Morgan fingerprint density at radius 1 is 1.50 bits per heavy atom. The molecule has 2 unspecified atom stereocenters. The summed E-state index contributed by atoms with van der Waals surface area (Å²) in [7, 11) is -3.28. The minimum absolute atomic E-state index is 0.563. The molecule has 0 saturated carbocycles. The van der Waals surface area contributed by atoms with Crippen molar-refractivity contribution in [2.24, 2.45) is 0 Å². The highest BCUT2D eigenvalue weighted by Crippen LogP contribution is 2.26. The maximum Gasteiger partial charge on any atom is 0.491 e. The van der Waals surface area contributed by atoms with E-state index in [2.05, 4.69) is 9.84 Å². The molecule has 1 heterocycles. The molecule has 9 nitrogen and oxygen atoms in total. The first-order chi connectivity index (χ1) is 8.36. The van der Waals surface area contributed by atoms with Crippen molar-refractivity contribution in [2.75, 3.05) is 6.61 Å². The Balaban J connectivity index is 2.86. The fourth-order valence-corrected chi connectivity index (χ4v) is 2.00. The van der Waals surface area contributed by atoms with Gasteiger partial charge in [-0.3, -0.25) is 4.79 Å². The second-order valence-corrected chi connectivity index (χ2v) is 4.42. The molecule has 1 saturated heterocycles. The van der Waals surface area contributed by atoms with Crippen LogP contribution in [0.15, 0.2) is 0 Å². The van der Waals surface area contributed by atoms with Gasteiger partial charge in [-0.05, 0) is 4.57 Å². The summed E-state index contributed by atoms with van der Waals surface area (Å²) in [6.07, 6.45) is -5.72. The van der Waals surface area contributed by atoms with Crippen molar-refractivity contribution in [3.63, 3.8) is 0 Å². The highest BCUT2D eigenvalue weighted by atomic mass is 31.1. The highest BCUT2D eigenvalue weighted by Gasteiger charge is 2.47. The zero-order valence-electron chi connectivity index (χ0n) is 9.42. The monoisotopic (exact) mass is 283 g/mol. The van der Waals surface area contributed by atoms with Gasteiger partial charge in [0.05, 0.1) is 6.61 Å². The summed E-state index contributed by atoms with van der Waals surface area (Å²) in [6, 6.07) is -1.26. The van der Waals surface area contributed by atoms with Crippen LogP contribution in [0, 0.1) is 0 Å². The number of nitrogens with one attached hydrogen (secondary N) is 1. The second kappa shape index (κ2) is 6.48. The number of carbonyl (C=O) groups excluding carboxylic acids is 1. The van der Waals surface area contributed by atoms with Crippen molar-refractivity contribution in [2.45, 2.75) is 37.6 Å². The Kier molecular flexibility index (Phi) is 5.54. The third-order valence-electron chi connectivity index (χ3n) is 2.44. The molecular formula is C8H14NO8P. The van der Waals surface area contributed by atoms with Gasteiger partial charge in [0, 0.05) is 6.92 Å². The van der Waals surface area contributed by atoms with Crippen LogP contribution in [0.1, 0.15) is 6.92 Å². The van der Waals surface area contributed by atoms with Crippen LogP contribution in [-0.2, 0) is 18.6 Å². The fraction of sp³-hybridized carbons (Fsp3) is 0.875. The van der Waals surface area contributed by atoms with E-state index in [1.165, 1.54) is 0 Å². The topological polar surface area (TPSA) is 148 Å². The molecule has 0 bridgehead atoms. The molecule has 1 aliphatic heterocycles. The summed E-state index contributed by atoms with van der Waals surface area (Å²) in [4.78, 5) is 21.4. The molecule has 0 aromatic carbocycles. The van der Waals surface area contributed by atoms with Crippen molar-refractivity contribution >= 4 is 14.2 Å². The average molecular weight is 283 g/mol. The SMILES string of the molecule is CC(=O)N[C@H]1C(O[P+](=O)[O-])O[C@H](CO)[C@@H](O)[C@@H]1O. The lowest BCUT2D eigenvalue weighted by atomic mass is 9.97. The number of rotatable bonds is 4. The number of aliphatic hydroxyl groups is 3.